The second-order valence-corrected chi connectivity index (χ2v) is 3.86. The lowest BCUT2D eigenvalue weighted by Gasteiger charge is -2.10. The molecule has 0 bridgehead atoms. The average molecular weight is 243 g/mol. The van der Waals surface area contributed by atoms with Gasteiger partial charge in [0, 0.05) is 5.56 Å². The first-order valence-corrected chi connectivity index (χ1v) is 4.96. The molecule has 1 aromatic rings. The summed E-state index contributed by atoms with van der Waals surface area (Å²) in [5.41, 5.74) is 0.616. The predicted octanol–water partition coefficient (Wildman–Crippen LogP) is 2.01. The third kappa shape index (κ3) is 2.64. The highest BCUT2D eigenvalue weighted by Gasteiger charge is 2.20. The topological polar surface area (TPSA) is 37.3 Å². The van der Waals surface area contributed by atoms with Crippen molar-refractivity contribution in [2.45, 2.75) is 17.9 Å². The van der Waals surface area contributed by atoms with Crippen molar-refractivity contribution in [2.75, 3.05) is 0 Å². The summed E-state index contributed by atoms with van der Waals surface area (Å²) in [5, 5.41) is 9.18. The molecule has 0 saturated heterocycles. The molecule has 0 amide bonds. The summed E-state index contributed by atoms with van der Waals surface area (Å²) in [5.74, 6) is -0.0874. The Labute approximate surface area is 85.7 Å². The van der Waals surface area contributed by atoms with Crippen molar-refractivity contribution in [1.29, 1.82) is 0 Å². The fourth-order valence-electron chi connectivity index (χ4n) is 0.981. The Kier molecular flexibility index (Phi) is 3.63. The van der Waals surface area contributed by atoms with Gasteiger partial charge in [0.05, 0.1) is 6.10 Å². The molecule has 0 aromatic heterocycles. The van der Waals surface area contributed by atoms with Crippen molar-refractivity contribution in [1.82, 2.24) is 0 Å². The number of ketones is 1. The van der Waals surface area contributed by atoms with Crippen molar-refractivity contribution in [3.05, 3.63) is 35.9 Å². The van der Waals surface area contributed by atoms with E-state index in [1.54, 1.807) is 31.2 Å². The second-order valence-electron chi connectivity index (χ2n) is 2.87. The number of halogens is 1. The molecule has 2 atom stereocenters. The number of aliphatic hydroxyl groups excluding tert-OH is 1. The first kappa shape index (κ1) is 10.4. The van der Waals surface area contributed by atoms with Crippen LogP contribution in [0, 0.1) is 0 Å². The van der Waals surface area contributed by atoms with Gasteiger partial charge in [0.1, 0.15) is 4.83 Å². The Bertz CT molecular complexity index is 282. The number of carbonyl (C=O) groups is 1. The molecule has 0 spiro atoms. The lowest BCUT2D eigenvalue weighted by Crippen LogP contribution is -2.25. The van der Waals surface area contributed by atoms with E-state index in [-0.39, 0.29) is 5.78 Å². The highest BCUT2D eigenvalue weighted by Crippen LogP contribution is 2.13. The number of benzene rings is 1. The molecule has 0 aliphatic heterocycles. The van der Waals surface area contributed by atoms with Crippen molar-refractivity contribution >= 4 is 21.7 Å². The van der Waals surface area contributed by atoms with Gasteiger partial charge in [-0.3, -0.25) is 4.79 Å². The minimum absolute atomic E-state index is 0.0874. The molecule has 0 fully saturated rings. The lowest BCUT2D eigenvalue weighted by molar-refractivity contribution is 0.0920. The van der Waals surface area contributed by atoms with Gasteiger partial charge in [-0.1, -0.05) is 46.3 Å². The normalized spacial score (nSPS) is 15.0. The van der Waals surface area contributed by atoms with Crippen LogP contribution >= 0.6 is 15.9 Å². The summed E-state index contributed by atoms with van der Waals surface area (Å²) < 4.78 is 0. The number of hydrogen-bond acceptors (Lipinski definition) is 2. The minimum Gasteiger partial charge on any atom is -0.392 e. The van der Waals surface area contributed by atoms with Crippen LogP contribution in [0.1, 0.15) is 17.3 Å². The molecular formula is C10H11BrO2. The van der Waals surface area contributed by atoms with Crippen LogP contribution in [-0.4, -0.2) is 21.8 Å². The minimum atomic E-state index is -0.673. The molecular weight excluding hydrogens is 232 g/mol. The average Bonchev–Trinajstić information content (AvgIpc) is 2.17. The van der Waals surface area contributed by atoms with Gasteiger partial charge in [-0.2, -0.15) is 0 Å². The second kappa shape index (κ2) is 4.53. The van der Waals surface area contributed by atoms with E-state index in [2.05, 4.69) is 15.9 Å². The molecule has 13 heavy (non-hydrogen) atoms. The Morgan fingerprint density at radius 2 is 1.92 bits per heavy atom. The largest absolute Gasteiger partial charge is 0.392 e. The molecule has 0 saturated carbocycles. The number of carbonyl (C=O) groups excluding carboxylic acids is 1. The van der Waals surface area contributed by atoms with E-state index in [0.717, 1.165) is 0 Å². The van der Waals surface area contributed by atoms with Crippen molar-refractivity contribution < 1.29 is 9.90 Å². The molecule has 3 heteroatoms. The zero-order chi connectivity index (χ0) is 9.84. The summed E-state index contributed by atoms with van der Waals surface area (Å²) in [4.78, 5) is 11.1. The van der Waals surface area contributed by atoms with E-state index < -0.39 is 10.9 Å². The monoisotopic (exact) mass is 242 g/mol. The van der Waals surface area contributed by atoms with E-state index in [0.29, 0.717) is 5.56 Å². The molecule has 0 aliphatic carbocycles. The van der Waals surface area contributed by atoms with Crippen LogP contribution in [0.2, 0.25) is 0 Å². The van der Waals surface area contributed by atoms with E-state index in [1.165, 1.54) is 0 Å². The van der Waals surface area contributed by atoms with Gasteiger partial charge in [-0.15, -0.1) is 0 Å². The Morgan fingerprint density at radius 1 is 1.38 bits per heavy atom. The van der Waals surface area contributed by atoms with E-state index in [1.807, 2.05) is 6.07 Å². The Morgan fingerprint density at radius 3 is 2.38 bits per heavy atom. The van der Waals surface area contributed by atoms with Crippen LogP contribution in [0.3, 0.4) is 0 Å². The van der Waals surface area contributed by atoms with Gasteiger partial charge in [-0.05, 0) is 6.92 Å². The van der Waals surface area contributed by atoms with Crippen LogP contribution in [0.5, 0.6) is 0 Å². The lowest BCUT2D eigenvalue weighted by atomic mass is 10.1. The fourth-order valence-corrected chi connectivity index (χ4v) is 1.25. The van der Waals surface area contributed by atoms with Crippen molar-refractivity contribution in [3.8, 4) is 0 Å². The molecule has 1 aromatic carbocycles. The van der Waals surface area contributed by atoms with Gasteiger partial charge < -0.3 is 5.11 Å². The van der Waals surface area contributed by atoms with Gasteiger partial charge in [0.25, 0.3) is 0 Å². The standard InChI is InChI=1S/C10H11BrO2/c1-7(12)9(11)10(13)8-5-3-2-4-6-8/h2-7,9,12H,1H3/t7-,9?/m1/s1. The van der Waals surface area contributed by atoms with Crippen molar-refractivity contribution in [3.63, 3.8) is 0 Å². The SMILES string of the molecule is C[C@@H](O)C(Br)C(=O)c1ccccc1. The maximum atomic E-state index is 11.6. The summed E-state index contributed by atoms with van der Waals surface area (Å²) in [6, 6.07) is 8.92. The molecule has 1 unspecified atom stereocenters. The van der Waals surface area contributed by atoms with Crippen LogP contribution in [0.15, 0.2) is 30.3 Å². The number of alkyl halides is 1. The van der Waals surface area contributed by atoms with Gasteiger partial charge in [-0.25, -0.2) is 0 Å². The highest BCUT2D eigenvalue weighted by atomic mass is 79.9. The molecule has 0 aliphatic rings. The maximum absolute atomic E-state index is 11.6. The van der Waals surface area contributed by atoms with Gasteiger partial charge in [0.15, 0.2) is 5.78 Å². The molecule has 1 N–H and O–H groups in total. The number of rotatable bonds is 3. The quantitative estimate of drug-likeness (QED) is 0.651. The predicted molar refractivity (Wildman–Crippen MR) is 55.2 cm³/mol. The van der Waals surface area contributed by atoms with Gasteiger partial charge >= 0.3 is 0 Å². The van der Waals surface area contributed by atoms with Crippen molar-refractivity contribution in [2.24, 2.45) is 0 Å². The third-order valence-electron chi connectivity index (χ3n) is 1.73. The van der Waals surface area contributed by atoms with E-state index in [9.17, 15) is 9.90 Å². The smallest absolute Gasteiger partial charge is 0.179 e. The highest BCUT2D eigenvalue weighted by molar-refractivity contribution is 9.10. The van der Waals surface area contributed by atoms with Crippen LogP contribution < -0.4 is 0 Å². The molecule has 0 radical (unpaired) electrons. The Balaban J connectivity index is 2.80. The van der Waals surface area contributed by atoms with E-state index in [4.69, 9.17) is 0 Å². The Hall–Kier alpha value is -0.670. The van der Waals surface area contributed by atoms with Crippen LogP contribution in [0.4, 0.5) is 0 Å². The molecule has 1 rings (SSSR count). The zero-order valence-corrected chi connectivity index (χ0v) is 8.86. The number of aliphatic hydroxyl groups is 1. The zero-order valence-electron chi connectivity index (χ0n) is 7.27. The first-order valence-electron chi connectivity index (χ1n) is 4.04. The fraction of sp³-hybridized carbons (Fsp3) is 0.300. The molecule has 0 heterocycles. The maximum Gasteiger partial charge on any atom is 0.179 e. The molecule has 2 nitrogen and oxygen atoms in total. The van der Waals surface area contributed by atoms with Crippen LogP contribution in [-0.2, 0) is 0 Å². The summed E-state index contributed by atoms with van der Waals surface area (Å²) >= 11 is 3.14. The number of hydrogen-bond donors (Lipinski definition) is 1. The molecule has 70 valence electrons. The summed E-state index contributed by atoms with van der Waals surface area (Å²) in [6.45, 7) is 1.58. The first-order chi connectivity index (χ1) is 6.13. The third-order valence-corrected chi connectivity index (χ3v) is 2.91. The van der Waals surface area contributed by atoms with Gasteiger partial charge in [0.2, 0.25) is 0 Å². The summed E-state index contributed by atoms with van der Waals surface area (Å²) in [6.07, 6.45) is -0.673. The van der Waals surface area contributed by atoms with Crippen LogP contribution in [0.25, 0.3) is 0 Å². The summed E-state index contributed by atoms with van der Waals surface area (Å²) in [7, 11) is 0. The van der Waals surface area contributed by atoms with E-state index >= 15 is 0 Å². The number of Topliss-reactive ketones (excluding diaryl/α,β-unsaturated/α-hetero) is 1.